The van der Waals surface area contributed by atoms with Crippen LogP contribution in [0.3, 0.4) is 0 Å². The number of benzene rings is 1. The molecule has 3 aromatic rings. The van der Waals surface area contributed by atoms with Gasteiger partial charge in [0.15, 0.2) is 11.6 Å². The standard InChI is InChI=1S/C26H32F2N6O3/c1-15-13-33(14-17(7-9-35)23(15)28)25-18(12-29)10-20(27)24(31-25)30-19-4-5-21-22(11-19)34(8-6-16(2)36)26(37)32(21)3/h4-5,10-11,15-17,23,35-36H,6-9,13-14H2,1-3H3,(H,30,31)/t15-,16?,17+,23+/m1/s1. The van der Waals surface area contributed by atoms with Gasteiger partial charge in [0.25, 0.3) is 0 Å². The zero-order valence-electron chi connectivity index (χ0n) is 21.2. The van der Waals surface area contributed by atoms with Gasteiger partial charge in [0, 0.05) is 50.8 Å². The summed E-state index contributed by atoms with van der Waals surface area (Å²) in [6.07, 6.45) is -0.974. The summed E-state index contributed by atoms with van der Waals surface area (Å²) in [5.41, 5.74) is 1.62. The van der Waals surface area contributed by atoms with E-state index in [2.05, 4.69) is 10.3 Å². The van der Waals surface area contributed by atoms with E-state index in [1.807, 2.05) is 6.07 Å². The minimum atomic E-state index is -1.09. The Morgan fingerprint density at radius 1 is 1.30 bits per heavy atom. The minimum absolute atomic E-state index is 0.0424. The highest BCUT2D eigenvalue weighted by molar-refractivity contribution is 5.81. The van der Waals surface area contributed by atoms with E-state index in [1.54, 1.807) is 48.6 Å². The van der Waals surface area contributed by atoms with Gasteiger partial charge in [-0.1, -0.05) is 6.92 Å². The van der Waals surface area contributed by atoms with E-state index in [0.29, 0.717) is 36.2 Å². The molecule has 0 amide bonds. The Hall–Kier alpha value is -3.49. The number of piperidine rings is 1. The fourth-order valence-corrected chi connectivity index (χ4v) is 5.01. The summed E-state index contributed by atoms with van der Waals surface area (Å²) in [6, 6.07) is 8.25. The smallest absolute Gasteiger partial charge is 0.328 e. The van der Waals surface area contributed by atoms with Crippen LogP contribution in [0.5, 0.6) is 0 Å². The first-order valence-electron chi connectivity index (χ1n) is 12.4. The fourth-order valence-electron chi connectivity index (χ4n) is 5.01. The van der Waals surface area contributed by atoms with Gasteiger partial charge in [0.2, 0.25) is 0 Å². The van der Waals surface area contributed by atoms with Crippen LogP contribution in [-0.2, 0) is 13.6 Å². The van der Waals surface area contributed by atoms with Gasteiger partial charge in [-0.3, -0.25) is 9.13 Å². The second-order valence-electron chi connectivity index (χ2n) is 9.86. The Bertz CT molecular complexity index is 1380. The normalized spacial score (nSPS) is 20.7. The van der Waals surface area contributed by atoms with E-state index >= 15 is 4.39 Å². The molecule has 1 aromatic carbocycles. The first-order valence-corrected chi connectivity index (χ1v) is 12.4. The highest BCUT2D eigenvalue weighted by atomic mass is 19.1. The number of rotatable bonds is 8. The largest absolute Gasteiger partial charge is 0.396 e. The minimum Gasteiger partial charge on any atom is -0.396 e. The summed E-state index contributed by atoms with van der Waals surface area (Å²) in [7, 11) is 1.66. The highest BCUT2D eigenvalue weighted by Gasteiger charge is 2.36. The number of aromatic nitrogens is 3. The number of aliphatic hydroxyl groups is 2. The molecule has 0 bridgehead atoms. The maximum absolute atomic E-state index is 15.0. The van der Waals surface area contributed by atoms with Crippen LogP contribution in [0.15, 0.2) is 29.1 Å². The molecule has 0 saturated carbocycles. The van der Waals surface area contributed by atoms with Gasteiger partial charge in [-0.15, -0.1) is 0 Å². The lowest BCUT2D eigenvalue weighted by atomic mass is 9.86. The molecule has 0 radical (unpaired) electrons. The number of halogens is 2. The number of hydrogen-bond donors (Lipinski definition) is 3. The molecule has 3 N–H and O–H groups in total. The molecular formula is C26H32F2N6O3. The Labute approximate surface area is 213 Å². The summed E-state index contributed by atoms with van der Waals surface area (Å²) >= 11 is 0. The number of fused-ring (bicyclic) bond motifs is 1. The number of alkyl halides is 1. The molecule has 4 atom stereocenters. The molecule has 37 heavy (non-hydrogen) atoms. The van der Waals surface area contributed by atoms with E-state index in [-0.39, 0.29) is 48.4 Å². The molecule has 1 aliphatic heterocycles. The van der Waals surface area contributed by atoms with Gasteiger partial charge < -0.3 is 20.4 Å². The van der Waals surface area contributed by atoms with Crippen molar-refractivity contribution in [2.24, 2.45) is 18.9 Å². The van der Waals surface area contributed by atoms with Crippen LogP contribution in [0, 0.1) is 29.0 Å². The number of hydrogen-bond acceptors (Lipinski definition) is 7. The monoisotopic (exact) mass is 514 g/mol. The van der Waals surface area contributed by atoms with Gasteiger partial charge in [0.1, 0.15) is 18.1 Å². The summed E-state index contributed by atoms with van der Waals surface area (Å²) in [5, 5.41) is 31.6. The third-order valence-electron chi connectivity index (χ3n) is 7.01. The van der Waals surface area contributed by atoms with Crippen molar-refractivity contribution in [2.45, 2.75) is 45.5 Å². The number of nitrogens with one attached hydrogen (secondary N) is 1. The molecule has 3 heterocycles. The number of imidazole rings is 1. The van der Waals surface area contributed by atoms with E-state index in [0.717, 1.165) is 6.07 Å². The topological polar surface area (TPSA) is 119 Å². The molecule has 1 saturated heterocycles. The van der Waals surface area contributed by atoms with Crippen LogP contribution in [0.4, 0.5) is 26.1 Å². The average molecular weight is 515 g/mol. The molecule has 0 spiro atoms. The van der Waals surface area contributed by atoms with Crippen LogP contribution in [0.1, 0.15) is 32.3 Å². The predicted molar refractivity (Wildman–Crippen MR) is 137 cm³/mol. The fraction of sp³-hybridized carbons (Fsp3) is 0.500. The summed E-state index contributed by atoms with van der Waals surface area (Å²) < 4.78 is 32.8. The molecule has 1 aliphatic rings. The molecular weight excluding hydrogens is 482 g/mol. The predicted octanol–water partition coefficient (Wildman–Crippen LogP) is 3.05. The Morgan fingerprint density at radius 3 is 2.73 bits per heavy atom. The van der Waals surface area contributed by atoms with Crippen molar-refractivity contribution < 1.29 is 19.0 Å². The van der Waals surface area contributed by atoms with Crippen molar-refractivity contribution in [1.82, 2.24) is 14.1 Å². The van der Waals surface area contributed by atoms with Crippen LogP contribution < -0.4 is 15.9 Å². The summed E-state index contributed by atoms with van der Waals surface area (Å²) in [4.78, 5) is 18.9. The maximum atomic E-state index is 15.0. The third-order valence-corrected chi connectivity index (χ3v) is 7.01. The SMILES string of the molecule is CC(O)CCn1c(=O)n(C)c2ccc(Nc3nc(N4C[C@H](CCO)[C@@H](F)[C@H](C)C4)c(C#N)cc3F)cc21. The molecule has 1 fully saturated rings. The second-order valence-corrected chi connectivity index (χ2v) is 9.86. The van der Waals surface area contributed by atoms with Crippen LogP contribution in [0.2, 0.25) is 0 Å². The van der Waals surface area contributed by atoms with Crippen molar-refractivity contribution in [3.63, 3.8) is 0 Å². The van der Waals surface area contributed by atoms with E-state index < -0.39 is 24.0 Å². The van der Waals surface area contributed by atoms with Gasteiger partial charge in [0.05, 0.1) is 22.7 Å². The molecule has 1 unspecified atom stereocenters. The number of nitrogens with zero attached hydrogens (tertiary/aromatic N) is 5. The van der Waals surface area contributed by atoms with Crippen molar-refractivity contribution in [2.75, 3.05) is 29.9 Å². The van der Waals surface area contributed by atoms with Crippen molar-refractivity contribution in [3.05, 3.63) is 46.1 Å². The molecule has 11 heteroatoms. The maximum Gasteiger partial charge on any atom is 0.328 e. The number of aliphatic hydroxyl groups excluding tert-OH is 2. The van der Waals surface area contributed by atoms with Gasteiger partial charge in [-0.2, -0.15) is 5.26 Å². The van der Waals surface area contributed by atoms with Crippen LogP contribution >= 0.6 is 0 Å². The summed E-state index contributed by atoms with van der Waals surface area (Å²) in [6.45, 7) is 4.16. The number of aryl methyl sites for hydroxylation is 2. The number of pyridine rings is 1. The molecule has 4 rings (SSSR count). The van der Waals surface area contributed by atoms with Gasteiger partial charge in [-0.05, 0) is 44.0 Å². The highest BCUT2D eigenvalue weighted by Crippen LogP contribution is 2.33. The third kappa shape index (κ3) is 5.31. The number of anilines is 3. The Balaban J connectivity index is 1.69. The first-order chi connectivity index (χ1) is 17.6. The lowest BCUT2D eigenvalue weighted by Crippen LogP contribution is -2.47. The summed E-state index contributed by atoms with van der Waals surface area (Å²) in [5.74, 6) is -1.35. The van der Waals surface area contributed by atoms with Crippen LogP contribution in [0.25, 0.3) is 11.0 Å². The second kappa shape index (κ2) is 10.9. The van der Waals surface area contributed by atoms with Crippen LogP contribution in [-0.4, -0.2) is 56.3 Å². The van der Waals surface area contributed by atoms with Crippen molar-refractivity contribution >= 4 is 28.4 Å². The molecule has 198 valence electrons. The van der Waals surface area contributed by atoms with E-state index in [9.17, 15) is 24.7 Å². The van der Waals surface area contributed by atoms with E-state index in [4.69, 9.17) is 0 Å². The Morgan fingerprint density at radius 2 is 2.05 bits per heavy atom. The lowest BCUT2D eigenvalue weighted by molar-refractivity contribution is 0.112. The molecule has 2 aromatic heterocycles. The molecule has 0 aliphatic carbocycles. The van der Waals surface area contributed by atoms with Gasteiger partial charge >= 0.3 is 5.69 Å². The average Bonchev–Trinajstić information content (AvgIpc) is 3.10. The zero-order chi connectivity index (χ0) is 26.9. The Kier molecular flexibility index (Phi) is 7.80. The van der Waals surface area contributed by atoms with Gasteiger partial charge in [-0.25, -0.2) is 18.6 Å². The zero-order valence-corrected chi connectivity index (χ0v) is 21.2. The number of nitriles is 1. The van der Waals surface area contributed by atoms with E-state index in [1.165, 1.54) is 4.57 Å². The first kappa shape index (κ1) is 26.6. The quantitative estimate of drug-likeness (QED) is 0.423. The van der Waals surface area contributed by atoms with Crippen molar-refractivity contribution in [1.29, 1.82) is 5.26 Å². The van der Waals surface area contributed by atoms with Crippen molar-refractivity contribution in [3.8, 4) is 6.07 Å². The molecule has 9 nitrogen and oxygen atoms in total. The lowest BCUT2D eigenvalue weighted by Gasteiger charge is -2.40.